The van der Waals surface area contributed by atoms with Gasteiger partial charge < -0.3 is 30.3 Å². The summed E-state index contributed by atoms with van der Waals surface area (Å²) in [5, 5.41) is 14.7. The number of nitrogens with one attached hydrogen (secondary N) is 2. The average molecular weight is 427 g/mol. The molecule has 166 valence electrons. The van der Waals surface area contributed by atoms with Crippen LogP contribution in [0.2, 0.25) is 0 Å². The summed E-state index contributed by atoms with van der Waals surface area (Å²) in [6.07, 6.45) is 1.76. The Balaban J connectivity index is 1.45. The Labute approximate surface area is 182 Å². The average Bonchev–Trinajstić information content (AvgIpc) is 2.79. The third kappa shape index (κ3) is 6.97. The highest BCUT2D eigenvalue weighted by molar-refractivity contribution is 5.92. The largest absolute Gasteiger partial charge is 0.484 e. The Bertz CT molecular complexity index is 854. The van der Waals surface area contributed by atoms with Crippen LogP contribution in [0.4, 0.5) is 16.2 Å². The van der Waals surface area contributed by atoms with Gasteiger partial charge in [0.2, 0.25) is 0 Å². The number of hydrogen-bond donors (Lipinski definition) is 3. The van der Waals surface area contributed by atoms with E-state index in [0.29, 0.717) is 42.8 Å². The molecule has 0 unspecified atom stereocenters. The van der Waals surface area contributed by atoms with E-state index in [4.69, 9.17) is 9.84 Å². The molecule has 1 aliphatic heterocycles. The molecule has 0 aromatic heterocycles. The van der Waals surface area contributed by atoms with Crippen molar-refractivity contribution in [3.05, 3.63) is 54.6 Å². The number of para-hydroxylation sites is 1. The predicted octanol–water partition coefficient (Wildman–Crippen LogP) is 2.62. The van der Waals surface area contributed by atoms with Gasteiger partial charge in [-0.25, -0.2) is 4.79 Å². The molecule has 0 saturated carbocycles. The number of amides is 3. The van der Waals surface area contributed by atoms with Crippen LogP contribution in [0.3, 0.4) is 0 Å². The van der Waals surface area contributed by atoms with E-state index in [2.05, 4.69) is 15.5 Å². The number of piperidine rings is 1. The maximum atomic E-state index is 12.6. The Morgan fingerprint density at radius 3 is 2.48 bits per heavy atom. The van der Waals surface area contributed by atoms with Crippen molar-refractivity contribution < 1.29 is 19.4 Å². The number of nitrogens with zero attached hydrogens (tertiary/aromatic N) is 2. The smallest absolute Gasteiger partial charge is 0.321 e. The van der Waals surface area contributed by atoms with Gasteiger partial charge in [0.1, 0.15) is 5.75 Å². The van der Waals surface area contributed by atoms with Gasteiger partial charge >= 0.3 is 6.03 Å². The zero-order chi connectivity index (χ0) is 22.1. The third-order valence-electron chi connectivity index (χ3n) is 5.34. The zero-order valence-electron chi connectivity index (χ0n) is 17.8. The topological polar surface area (TPSA) is 94.1 Å². The van der Waals surface area contributed by atoms with E-state index >= 15 is 0 Å². The number of aliphatic hydroxyl groups is 1. The van der Waals surface area contributed by atoms with Gasteiger partial charge in [0.15, 0.2) is 6.61 Å². The molecule has 1 heterocycles. The number of likely N-dealkylation sites (N-methyl/N-ethyl adjacent to an activating group) is 1. The molecule has 3 rings (SSSR count). The normalized spacial score (nSPS) is 14.4. The van der Waals surface area contributed by atoms with Crippen LogP contribution in [0.1, 0.15) is 12.8 Å². The summed E-state index contributed by atoms with van der Waals surface area (Å²) in [4.78, 5) is 28.6. The Morgan fingerprint density at radius 2 is 1.77 bits per heavy atom. The number of rotatable bonds is 8. The van der Waals surface area contributed by atoms with Crippen LogP contribution in [0.25, 0.3) is 0 Å². The van der Waals surface area contributed by atoms with Gasteiger partial charge in [0, 0.05) is 43.1 Å². The van der Waals surface area contributed by atoms with Crippen LogP contribution in [-0.4, -0.2) is 72.8 Å². The molecule has 31 heavy (non-hydrogen) atoms. The molecule has 0 bridgehead atoms. The lowest BCUT2D eigenvalue weighted by atomic mass is 10.0. The molecule has 3 amide bonds. The molecule has 2 aromatic rings. The van der Waals surface area contributed by atoms with Gasteiger partial charge in [-0.3, -0.25) is 4.79 Å². The van der Waals surface area contributed by atoms with Gasteiger partial charge in [-0.15, -0.1) is 0 Å². The number of anilines is 2. The second-order valence-corrected chi connectivity index (χ2v) is 7.58. The Hall–Kier alpha value is -3.10. The summed E-state index contributed by atoms with van der Waals surface area (Å²) in [6, 6.07) is 16.4. The number of likely N-dealkylation sites (tertiary alicyclic amines) is 1. The molecule has 3 N–H and O–H groups in total. The SMILES string of the molecule is CN(CCO)C1CCN(C(=O)Nc2cccc(OCC(=O)Nc3ccccc3)c2)CC1. The fourth-order valence-electron chi connectivity index (χ4n) is 3.58. The minimum atomic E-state index is -0.255. The van der Waals surface area contributed by atoms with Gasteiger partial charge in [-0.2, -0.15) is 0 Å². The van der Waals surface area contributed by atoms with Crippen LogP contribution in [-0.2, 0) is 4.79 Å². The fourth-order valence-corrected chi connectivity index (χ4v) is 3.58. The van der Waals surface area contributed by atoms with Crippen molar-refractivity contribution in [1.29, 1.82) is 0 Å². The molecule has 8 nitrogen and oxygen atoms in total. The van der Waals surface area contributed by atoms with E-state index in [1.807, 2.05) is 37.4 Å². The molecule has 0 aliphatic carbocycles. The maximum absolute atomic E-state index is 12.6. The minimum Gasteiger partial charge on any atom is -0.484 e. The summed E-state index contributed by atoms with van der Waals surface area (Å²) in [5.74, 6) is 0.250. The van der Waals surface area contributed by atoms with E-state index in [9.17, 15) is 9.59 Å². The standard InChI is InChI=1S/C23H30N4O4/c1-26(14-15-28)20-10-12-27(13-11-20)23(30)25-19-8-5-9-21(16-19)31-17-22(29)24-18-6-3-2-4-7-18/h2-9,16,20,28H,10-15,17H2,1H3,(H,24,29)(H,25,30). The summed E-state index contributed by atoms with van der Waals surface area (Å²) in [6.45, 7) is 2.00. The first-order chi connectivity index (χ1) is 15.0. The second-order valence-electron chi connectivity index (χ2n) is 7.58. The van der Waals surface area contributed by atoms with E-state index in [1.165, 1.54) is 0 Å². The molecule has 0 spiro atoms. The summed E-state index contributed by atoms with van der Waals surface area (Å²) >= 11 is 0. The molecular weight excluding hydrogens is 396 g/mol. The van der Waals surface area contributed by atoms with E-state index < -0.39 is 0 Å². The lowest BCUT2D eigenvalue weighted by Gasteiger charge is -2.36. The highest BCUT2D eigenvalue weighted by atomic mass is 16.5. The van der Waals surface area contributed by atoms with Gasteiger partial charge in [0.25, 0.3) is 5.91 Å². The first-order valence-electron chi connectivity index (χ1n) is 10.5. The lowest BCUT2D eigenvalue weighted by Crippen LogP contribution is -2.47. The molecule has 0 radical (unpaired) electrons. The lowest BCUT2D eigenvalue weighted by molar-refractivity contribution is -0.118. The van der Waals surface area contributed by atoms with Crippen molar-refractivity contribution in [2.24, 2.45) is 0 Å². The third-order valence-corrected chi connectivity index (χ3v) is 5.34. The van der Waals surface area contributed by atoms with Crippen molar-refractivity contribution in [2.75, 3.05) is 50.5 Å². The number of carbonyl (C=O) groups is 2. The zero-order valence-corrected chi connectivity index (χ0v) is 17.8. The molecule has 1 fully saturated rings. The first kappa shape index (κ1) is 22.6. The predicted molar refractivity (Wildman–Crippen MR) is 120 cm³/mol. The number of urea groups is 1. The van der Waals surface area contributed by atoms with Crippen LogP contribution in [0.15, 0.2) is 54.6 Å². The first-order valence-corrected chi connectivity index (χ1v) is 10.5. The molecule has 2 aromatic carbocycles. The van der Waals surface area contributed by atoms with Crippen molar-refractivity contribution in [2.45, 2.75) is 18.9 Å². The highest BCUT2D eigenvalue weighted by Gasteiger charge is 2.25. The number of hydrogen-bond acceptors (Lipinski definition) is 5. The van der Waals surface area contributed by atoms with Crippen molar-refractivity contribution in [3.63, 3.8) is 0 Å². The van der Waals surface area contributed by atoms with Crippen LogP contribution in [0.5, 0.6) is 5.75 Å². The Kier molecular flexibility index (Phi) is 8.26. The van der Waals surface area contributed by atoms with Gasteiger partial charge in [-0.1, -0.05) is 24.3 Å². The van der Waals surface area contributed by atoms with E-state index in [0.717, 1.165) is 12.8 Å². The van der Waals surface area contributed by atoms with Crippen LogP contribution < -0.4 is 15.4 Å². The summed E-state index contributed by atoms with van der Waals surface area (Å²) < 4.78 is 5.57. The van der Waals surface area contributed by atoms with Gasteiger partial charge in [-0.05, 0) is 44.2 Å². The quantitative estimate of drug-likeness (QED) is 0.603. The minimum absolute atomic E-state index is 0.124. The maximum Gasteiger partial charge on any atom is 0.321 e. The highest BCUT2D eigenvalue weighted by Crippen LogP contribution is 2.20. The Morgan fingerprint density at radius 1 is 1.06 bits per heavy atom. The molecule has 1 aliphatic rings. The molecular formula is C23H30N4O4. The van der Waals surface area contributed by atoms with E-state index in [1.54, 1.807) is 29.2 Å². The monoisotopic (exact) mass is 426 g/mol. The fraction of sp³-hybridized carbons (Fsp3) is 0.391. The molecule has 8 heteroatoms. The summed E-state index contributed by atoms with van der Waals surface area (Å²) in [5.41, 5.74) is 1.33. The molecule has 0 atom stereocenters. The summed E-state index contributed by atoms with van der Waals surface area (Å²) in [7, 11) is 2.00. The number of aliphatic hydroxyl groups excluding tert-OH is 1. The van der Waals surface area contributed by atoms with Crippen LogP contribution >= 0.6 is 0 Å². The van der Waals surface area contributed by atoms with E-state index in [-0.39, 0.29) is 25.2 Å². The number of ether oxygens (including phenoxy) is 1. The second kappa shape index (κ2) is 11.3. The van der Waals surface area contributed by atoms with Crippen molar-refractivity contribution >= 4 is 23.3 Å². The number of carbonyl (C=O) groups excluding carboxylic acids is 2. The van der Waals surface area contributed by atoms with Crippen molar-refractivity contribution in [1.82, 2.24) is 9.80 Å². The van der Waals surface area contributed by atoms with Crippen molar-refractivity contribution in [3.8, 4) is 5.75 Å². The van der Waals surface area contributed by atoms with Crippen LogP contribution in [0, 0.1) is 0 Å². The number of benzene rings is 2. The molecule has 1 saturated heterocycles. The van der Waals surface area contributed by atoms with Gasteiger partial charge in [0.05, 0.1) is 6.61 Å².